The molecule has 3 aromatic carbocycles. The number of amidine groups is 1. The van der Waals surface area contributed by atoms with Crippen molar-refractivity contribution in [2.45, 2.75) is 63.3 Å². The Hall–Kier alpha value is -4.76. The van der Waals surface area contributed by atoms with Gasteiger partial charge in [0.05, 0.1) is 18.4 Å². The maximum absolute atomic E-state index is 12.7. The minimum absolute atomic E-state index is 0.152. The first-order valence-corrected chi connectivity index (χ1v) is 15.3. The van der Waals surface area contributed by atoms with Gasteiger partial charge in [0, 0.05) is 18.2 Å². The number of nitrogens with zero attached hydrogens (tertiary/aromatic N) is 4. The molecule has 2 heterocycles. The Morgan fingerprint density at radius 3 is 2.22 bits per heavy atom. The number of carbonyl (C=O) groups is 2. The first-order chi connectivity index (χ1) is 21.6. The summed E-state index contributed by atoms with van der Waals surface area (Å²) in [7, 11) is 3.04. The van der Waals surface area contributed by atoms with Gasteiger partial charge < -0.3 is 10.1 Å². The van der Waals surface area contributed by atoms with Gasteiger partial charge in [-0.05, 0) is 81.0 Å². The molecule has 9 heteroatoms. The average molecular weight is 606 g/mol. The molecule has 9 nitrogen and oxygen atoms in total. The summed E-state index contributed by atoms with van der Waals surface area (Å²) in [5, 5.41) is 11.4. The Morgan fingerprint density at radius 1 is 0.933 bits per heavy atom. The van der Waals surface area contributed by atoms with Crippen LogP contribution in [0.2, 0.25) is 0 Å². The lowest BCUT2D eigenvalue weighted by atomic mass is 9.71. The number of nitrogens with one attached hydrogen (secondary N) is 1. The van der Waals surface area contributed by atoms with Crippen molar-refractivity contribution in [3.8, 4) is 0 Å². The molecule has 1 saturated carbocycles. The van der Waals surface area contributed by atoms with Crippen molar-refractivity contribution in [2.24, 2.45) is 10.1 Å². The van der Waals surface area contributed by atoms with Crippen LogP contribution in [-0.4, -0.2) is 53.4 Å². The maximum atomic E-state index is 12.7. The fraction of sp³-hybridized carbons (Fsp3) is 0.333. The van der Waals surface area contributed by atoms with Crippen LogP contribution in [0.5, 0.6) is 0 Å². The molecule has 0 radical (unpaired) electrons. The topological polar surface area (TPSA) is 95.8 Å². The van der Waals surface area contributed by atoms with Gasteiger partial charge in [0.2, 0.25) is 0 Å². The minimum Gasteiger partial charge on any atom is -0.444 e. The van der Waals surface area contributed by atoms with E-state index in [-0.39, 0.29) is 18.0 Å². The summed E-state index contributed by atoms with van der Waals surface area (Å²) in [6, 6.07) is 25.8. The number of aliphatic imine (C=N–C) groups is 1. The van der Waals surface area contributed by atoms with E-state index in [1.807, 2.05) is 68.3 Å². The standard InChI is InChI=1S/C36H39N5O4/c1-35(2,3)45-34(43)38-36(22-9-23-36)28-18-16-25(17-19-28)31-32(26-10-7-6-8-11-26)41-30(37-31)21-20-29(39-41)24-12-14-27(15-13-24)33(42)40(4)44-5/h6-8,10-21,31-32H,9,22-23H2,1-5H3,(H,38,43). The zero-order valence-corrected chi connectivity index (χ0v) is 26.4. The second-order valence-corrected chi connectivity index (χ2v) is 12.7. The maximum Gasteiger partial charge on any atom is 0.408 e. The number of hydrogen-bond acceptors (Lipinski definition) is 7. The normalized spacial score (nSPS) is 20.0. The third kappa shape index (κ3) is 6.13. The van der Waals surface area contributed by atoms with E-state index in [9.17, 15) is 9.59 Å². The Morgan fingerprint density at radius 2 is 1.62 bits per heavy atom. The van der Waals surface area contributed by atoms with Crippen LogP contribution in [0.3, 0.4) is 0 Å². The van der Waals surface area contributed by atoms with Gasteiger partial charge in [0.25, 0.3) is 5.91 Å². The summed E-state index contributed by atoms with van der Waals surface area (Å²) in [5.41, 5.74) is 4.48. The number of hydrazone groups is 1. The largest absolute Gasteiger partial charge is 0.444 e. The van der Waals surface area contributed by atoms with Crippen LogP contribution >= 0.6 is 0 Å². The van der Waals surface area contributed by atoms with Gasteiger partial charge in [0.1, 0.15) is 23.5 Å². The summed E-state index contributed by atoms with van der Waals surface area (Å²) < 4.78 is 5.57. The Kier molecular flexibility index (Phi) is 8.05. The van der Waals surface area contributed by atoms with Crippen LogP contribution < -0.4 is 5.32 Å². The summed E-state index contributed by atoms with van der Waals surface area (Å²) in [5.74, 6) is 0.568. The van der Waals surface area contributed by atoms with E-state index in [0.29, 0.717) is 5.56 Å². The SMILES string of the molecule is CON(C)C(=O)c1ccc(C2=NN3C(=NC(c4ccc(C5(NC(=O)OC(C)(C)C)CCC5)cc4)C3c3ccccc3)C=C2)cc1. The second-order valence-electron chi connectivity index (χ2n) is 12.7. The van der Waals surface area contributed by atoms with Gasteiger partial charge in [-0.15, -0.1) is 0 Å². The molecule has 3 aromatic rings. The fourth-order valence-corrected chi connectivity index (χ4v) is 6.03. The molecule has 2 unspecified atom stereocenters. The molecule has 3 aliphatic rings. The summed E-state index contributed by atoms with van der Waals surface area (Å²) in [6.45, 7) is 5.62. The lowest BCUT2D eigenvalue weighted by Crippen LogP contribution is -2.52. The van der Waals surface area contributed by atoms with E-state index >= 15 is 0 Å². The highest BCUT2D eigenvalue weighted by molar-refractivity contribution is 6.15. The van der Waals surface area contributed by atoms with Crippen LogP contribution in [0, 0.1) is 0 Å². The molecule has 2 amide bonds. The number of carbonyl (C=O) groups excluding carboxylic acids is 2. The minimum atomic E-state index is -0.556. The highest BCUT2D eigenvalue weighted by atomic mass is 16.7. The van der Waals surface area contributed by atoms with E-state index < -0.39 is 17.2 Å². The second kappa shape index (κ2) is 12.0. The van der Waals surface area contributed by atoms with Crippen molar-refractivity contribution in [2.75, 3.05) is 14.2 Å². The van der Waals surface area contributed by atoms with Crippen molar-refractivity contribution >= 4 is 23.5 Å². The fourth-order valence-electron chi connectivity index (χ4n) is 6.03. The lowest BCUT2D eigenvalue weighted by molar-refractivity contribution is -0.0756. The van der Waals surface area contributed by atoms with E-state index in [4.69, 9.17) is 19.7 Å². The monoisotopic (exact) mass is 605 g/mol. The molecule has 232 valence electrons. The van der Waals surface area contributed by atoms with Crippen molar-refractivity contribution in [1.82, 2.24) is 15.4 Å². The summed E-state index contributed by atoms with van der Waals surface area (Å²) in [6.07, 6.45) is 6.37. The molecular weight excluding hydrogens is 566 g/mol. The first kappa shape index (κ1) is 30.3. The molecule has 0 spiro atoms. The Labute approximate surface area is 264 Å². The lowest BCUT2D eigenvalue weighted by Gasteiger charge is -2.43. The molecule has 0 bridgehead atoms. The highest BCUT2D eigenvalue weighted by Gasteiger charge is 2.42. The molecule has 0 saturated heterocycles. The summed E-state index contributed by atoms with van der Waals surface area (Å²) in [4.78, 5) is 35.3. The van der Waals surface area contributed by atoms with Gasteiger partial charge in [-0.3, -0.25) is 14.6 Å². The number of fused-ring (bicyclic) bond motifs is 1. The third-order valence-corrected chi connectivity index (χ3v) is 8.56. The number of hydrogen-bond donors (Lipinski definition) is 1. The summed E-state index contributed by atoms with van der Waals surface area (Å²) >= 11 is 0. The van der Waals surface area contributed by atoms with Gasteiger partial charge in [-0.1, -0.05) is 66.7 Å². The predicted molar refractivity (Wildman–Crippen MR) is 174 cm³/mol. The number of benzene rings is 3. The van der Waals surface area contributed by atoms with Gasteiger partial charge in [-0.2, -0.15) is 5.10 Å². The van der Waals surface area contributed by atoms with Crippen LogP contribution in [0.1, 0.15) is 84.7 Å². The van der Waals surface area contributed by atoms with Gasteiger partial charge in [0.15, 0.2) is 0 Å². The first-order valence-electron chi connectivity index (χ1n) is 15.3. The van der Waals surface area contributed by atoms with Crippen LogP contribution in [0.25, 0.3) is 0 Å². The molecule has 6 rings (SSSR count). The van der Waals surface area contributed by atoms with Crippen molar-refractivity contribution in [3.63, 3.8) is 0 Å². The Bertz CT molecular complexity index is 1650. The van der Waals surface area contributed by atoms with E-state index in [1.165, 1.54) is 12.2 Å². The zero-order chi connectivity index (χ0) is 31.8. The number of allylic oxidation sites excluding steroid dienone is 1. The van der Waals surface area contributed by atoms with Crippen molar-refractivity contribution < 1.29 is 19.2 Å². The Balaban J connectivity index is 1.27. The quantitative estimate of drug-likeness (QED) is 0.303. The molecule has 1 fully saturated rings. The van der Waals surface area contributed by atoms with Gasteiger partial charge in [-0.25, -0.2) is 14.9 Å². The molecule has 2 aliphatic heterocycles. The molecule has 0 aromatic heterocycles. The zero-order valence-electron chi connectivity index (χ0n) is 26.4. The van der Waals surface area contributed by atoms with E-state index in [2.05, 4.69) is 41.7 Å². The van der Waals surface area contributed by atoms with Crippen molar-refractivity contribution in [1.29, 1.82) is 0 Å². The third-order valence-electron chi connectivity index (χ3n) is 8.56. The smallest absolute Gasteiger partial charge is 0.408 e. The van der Waals surface area contributed by atoms with Crippen LogP contribution in [0.4, 0.5) is 4.79 Å². The average Bonchev–Trinajstić information content (AvgIpc) is 3.40. The van der Waals surface area contributed by atoms with E-state index in [0.717, 1.165) is 53.1 Å². The number of rotatable bonds is 7. The van der Waals surface area contributed by atoms with Crippen LogP contribution in [0.15, 0.2) is 101 Å². The van der Waals surface area contributed by atoms with Crippen LogP contribution in [-0.2, 0) is 15.1 Å². The number of ether oxygens (including phenoxy) is 1. The molecule has 1 aliphatic carbocycles. The van der Waals surface area contributed by atoms with Gasteiger partial charge >= 0.3 is 6.09 Å². The molecule has 45 heavy (non-hydrogen) atoms. The molecule has 1 N–H and O–H groups in total. The number of amides is 2. The highest BCUT2D eigenvalue weighted by Crippen LogP contribution is 2.45. The number of alkyl carbamates (subject to hydrolysis) is 1. The molecular formula is C36H39N5O4. The number of hydroxylamine groups is 2. The predicted octanol–water partition coefficient (Wildman–Crippen LogP) is 6.69. The van der Waals surface area contributed by atoms with E-state index in [1.54, 1.807) is 19.2 Å². The van der Waals surface area contributed by atoms with Crippen molar-refractivity contribution in [3.05, 3.63) is 119 Å². The molecule has 2 atom stereocenters.